The third-order valence-electron chi connectivity index (χ3n) is 3.23. The fourth-order valence-electron chi connectivity index (χ4n) is 2.03. The second-order valence-electron chi connectivity index (χ2n) is 4.90. The average Bonchev–Trinajstić information content (AvgIpc) is 2.95. The molecule has 1 atom stereocenters. The number of carbonyl (C=O) groups excluding carboxylic acids is 1. The van der Waals surface area contributed by atoms with Gasteiger partial charge in [0.2, 0.25) is 5.91 Å². The van der Waals surface area contributed by atoms with Crippen molar-refractivity contribution in [3.05, 3.63) is 52.0 Å². The van der Waals surface area contributed by atoms with Crippen LogP contribution in [0.3, 0.4) is 0 Å². The molecule has 0 saturated carbocycles. The number of rotatable bonds is 5. The summed E-state index contributed by atoms with van der Waals surface area (Å²) in [7, 11) is -3.73. The molecule has 0 saturated heterocycles. The number of nitrogens with one attached hydrogen (secondary N) is 1. The van der Waals surface area contributed by atoms with E-state index in [1.807, 2.05) is 0 Å². The summed E-state index contributed by atoms with van der Waals surface area (Å²) < 4.78 is 39.0. The van der Waals surface area contributed by atoms with E-state index in [-0.39, 0.29) is 22.9 Å². The summed E-state index contributed by atoms with van der Waals surface area (Å²) >= 11 is 1.31. The SMILES string of the molecule is CC(=O)NC[C@@H](c1cccs1)S(=O)(=O)c1ccc(F)c(C)c1. The maximum Gasteiger partial charge on any atom is 0.216 e. The van der Waals surface area contributed by atoms with Crippen LogP contribution in [0.5, 0.6) is 0 Å². The summed E-state index contributed by atoms with van der Waals surface area (Å²) in [6.07, 6.45) is 0. The molecule has 22 heavy (non-hydrogen) atoms. The number of benzene rings is 1. The van der Waals surface area contributed by atoms with Gasteiger partial charge in [-0.3, -0.25) is 4.79 Å². The predicted octanol–water partition coefficient (Wildman–Crippen LogP) is 2.85. The first-order chi connectivity index (χ1) is 10.3. The van der Waals surface area contributed by atoms with Gasteiger partial charge in [-0.25, -0.2) is 12.8 Å². The highest BCUT2D eigenvalue weighted by Crippen LogP contribution is 2.32. The van der Waals surface area contributed by atoms with Crippen LogP contribution in [0, 0.1) is 12.7 Å². The Hall–Kier alpha value is -1.73. The summed E-state index contributed by atoms with van der Waals surface area (Å²) in [5.41, 5.74) is 0.269. The Morgan fingerprint density at radius 3 is 2.64 bits per heavy atom. The molecule has 1 aromatic carbocycles. The molecule has 1 N–H and O–H groups in total. The molecule has 1 amide bonds. The lowest BCUT2D eigenvalue weighted by Crippen LogP contribution is -2.29. The molecular weight excluding hydrogens is 325 g/mol. The molecule has 0 radical (unpaired) electrons. The van der Waals surface area contributed by atoms with Crippen LogP contribution in [-0.4, -0.2) is 20.9 Å². The van der Waals surface area contributed by atoms with E-state index in [4.69, 9.17) is 0 Å². The fraction of sp³-hybridized carbons (Fsp3) is 0.267. The van der Waals surface area contributed by atoms with Crippen LogP contribution in [0.2, 0.25) is 0 Å². The van der Waals surface area contributed by atoms with Gasteiger partial charge in [-0.05, 0) is 42.1 Å². The molecule has 0 fully saturated rings. The minimum absolute atomic E-state index is 0.0192. The van der Waals surface area contributed by atoms with Crippen molar-refractivity contribution in [1.29, 1.82) is 0 Å². The zero-order valence-electron chi connectivity index (χ0n) is 12.2. The Morgan fingerprint density at radius 2 is 2.09 bits per heavy atom. The molecule has 0 aliphatic heterocycles. The normalized spacial score (nSPS) is 12.9. The van der Waals surface area contributed by atoms with Crippen molar-refractivity contribution in [1.82, 2.24) is 5.32 Å². The zero-order chi connectivity index (χ0) is 16.3. The lowest BCUT2D eigenvalue weighted by molar-refractivity contribution is -0.118. The summed E-state index contributed by atoms with van der Waals surface area (Å²) in [6.45, 7) is 2.83. The lowest BCUT2D eigenvalue weighted by Gasteiger charge is -2.17. The highest BCUT2D eigenvalue weighted by molar-refractivity contribution is 7.91. The third kappa shape index (κ3) is 3.53. The largest absolute Gasteiger partial charge is 0.355 e. The number of aryl methyl sites for hydroxylation is 1. The molecule has 7 heteroatoms. The summed E-state index contributed by atoms with van der Waals surface area (Å²) in [6, 6.07) is 7.19. The molecule has 0 spiro atoms. The van der Waals surface area contributed by atoms with Gasteiger partial charge in [0.25, 0.3) is 0 Å². The molecule has 118 valence electrons. The minimum atomic E-state index is -3.73. The number of amides is 1. The quantitative estimate of drug-likeness (QED) is 0.851. The van der Waals surface area contributed by atoms with Crippen LogP contribution in [0.25, 0.3) is 0 Å². The minimum Gasteiger partial charge on any atom is -0.355 e. The Balaban J connectivity index is 2.44. The number of sulfone groups is 1. The van der Waals surface area contributed by atoms with Crippen molar-refractivity contribution in [2.24, 2.45) is 0 Å². The standard InChI is InChI=1S/C15H16FNO3S2/c1-10-8-12(5-6-13(10)16)22(19,20)15(9-17-11(2)18)14-4-3-7-21-14/h3-8,15H,9H2,1-2H3,(H,17,18)/t15-/m0/s1. The first-order valence-electron chi connectivity index (χ1n) is 6.60. The fourth-order valence-corrected chi connectivity index (χ4v) is 4.90. The molecular formula is C15H16FNO3S2. The van der Waals surface area contributed by atoms with Crippen molar-refractivity contribution in [3.8, 4) is 0 Å². The van der Waals surface area contributed by atoms with Gasteiger partial charge in [0, 0.05) is 18.3 Å². The van der Waals surface area contributed by atoms with Gasteiger partial charge in [-0.2, -0.15) is 0 Å². The van der Waals surface area contributed by atoms with Crippen LogP contribution in [-0.2, 0) is 14.6 Å². The molecule has 0 unspecified atom stereocenters. The van der Waals surface area contributed by atoms with Gasteiger partial charge in [-0.1, -0.05) is 6.07 Å². The van der Waals surface area contributed by atoms with Crippen LogP contribution < -0.4 is 5.32 Å². The molecule has 1 aromatic heterocycles. The van der Waals surface area contributed by atoms with Crippen molar-refractivity contribution in [2.75, 3.05) is 6.54 Å². The van der Waals surface area contributed by atoms with E-state index in [0.29, 0.717) is 4.88 Å². The maximum absolute atomic E-state index is 13.4. The van der Waals surface area contributed by atoms with Crippen LogP contribution in [0.15, 0.2) is 40.6 Å². The average molecular weight is 341 g/mol. The zero-order valence-corrected chi connectivity index (χ0v) is 13.8. The van der Waals surface area contributed by atoms with E-state index in [1.165, 1.54) is 37.3 Å². The number of halogens is 1. The summed E-state index contributed by atoms with van der Waals surface area (Å²) in [5, 5.41) is 3.44. The first kappa shape index (κ1) is 16.6. The topological polar surface area (TPSA) is 63.2 Å². The van der Waals surface area contributed by atoms with Crippen molar-refractivity contribution in [2.45, 2.75) is 24.0 Å². The number of hydrogen-bond donors (Lipinski definition) is 1. The van der Waals surface area contributed by atoms with Crippen LogP contribution in [0.4, 0.5) is 4.39 Å². The van der Waals surface area contributed by atoms with Gasteiger partial charge in [0.1, 0.15) is 11.1 Å². The number of carbonyl (C=O) groups is 1. The molecule has 2 rings (SSSR count). The first-order valence-corrected chi connectivity index (χ1v) is 9.03. The molecule has 0 aliphatic rings. The van der Waals surface area contributed by atoms with E-state index in [2.05, 4.69) is 5.32 Å². The number of hydrogen-bond acceptors (Lipinski definition) is 4. The van der Waals surface area contributed by atoms with E-state index in [0.717, 1.165) is 6.07 Å². The van der Waals surface area contributed by atoms with Gasteiger partial charge < -0.3 is 5.32 Å². The molecule has 4 nitrogen and oxygen atoms in total. The molecule has 0 bridgehead atoms. The van der Waals surface area contributed by atoms with E-state index >= 15 is 0 Å². The lowest BCUT2D eigenvalue weighted by atomic mass is 10.2. The Bertz CT molecular complexity index is 770. The predicted molar refractivity (Wildman–Crippen MR) is 84.1 cm³/mol. The Morgan fingerprint density at radius 1 is 1.36 bits per heavy atom. The van der Waals surface area contributed by atoms with Gasteiger partial charge in [-0.15, -0.1) is 11.3 Å². The second kappa shape index (κ2) is 6.58. The third-order valence-corrected chi connectivity index (χ3v) is 6.45. The van der Waals surface area contributed by atoms with Crippen LogP contribution >= 0.6 is 11.3 Å². The highest BCUT2D eigenvalue weighted by Gasteiger charge is 2.30. The Kier molecular flexibility index (Phi) is 4.97. The van der Waals surface area contributed by atoms with Crippen molar-refractivity contribution >= 4 is 27.1 Å². The van der Waals surface area contributed by atoms with Gasteiger partial charge in [0.15, 0.2) is 9.84 Å². The monoisotopic (exact) mass is 341 g/mol. The summed E-state index contributed by atoms with van der Waals surface area (Å²) in [4.78, 5) is 11.8. The van der Waals surface area contributed by atoms with Crippen molar-refractivity contribution < 1.29 is 17.6 Å². The Labute approximate surface area is 132 Å². The summed E-state index contributed by atoms with van der Waals surface area (Å²) in [5.74, 6) is -0.750. The maximum atomic E-state index is 13.4. The molecule has 0 aliphatic carbocycles. The molecule has 1 heterocycles. The highest BCUT2D eigenvalue weighted by atomic mass is 32.2. The van der Waals surface area contributed by atoms with Crippen molar-refractivity contribution in [3.63, 3.8) is 0 Å². The van der Waals surface area contributed by atoms with Crippen LogP contribution in [0.1, 0.15) is 22.6 Å². The molecule has 2 aromatic rings. The van der Waals surface area contributed by atoms with Gasteiger partial charge in [0.05, 0.1) is 4.90 Å². The van der Waals surface area contributed by atoms with E-state index < -0.39 is 20.9 Å². The van der Waals surface area contributed by atoms with E-state index in [1.54, 1.807) is 17.5 Å². The van der Waals surface area contributed by atoms with Gasteiger partial charge >= 0.3 is 0 Å². The second-order valence-corrected chi connectivity index (χ2v) is 8.01. The number of thiophene rings is 1. The smallest absolute Gasteiger partial charge is 0.216 e. The van der Waals surface area contributed by atoms with E-state index in [9.17, 15) is 17.6 Å².